The van der Waals surface area contributed by atoms with Crippen LogP contribution in [-0.4, -0.2) is 70.1 Å². The van der Waals surface area contributed by atoms with E-state index in [0.717, 1.165) is 12.6 Å². The standard InChI is InChI=1S/C9H21N.C8H17N.C8H19N/c1-7-10(8(2)3)9(4,5)6;1-8(2,3)9(4)7-5-6-7;1-7(2)9(6)8(3,4)5/h8H,7H2,1-6H3;7H,5-6H2,1-4H3;7H,1-6H3. The Hall–Kier alpha value is -0.120. The van der Waals surface area contributed by atoms with Gasteiger partial charge in [0, 0.05) is 34.7 Å². The van der Waals surface area contributed by atoms with Gasteiger partial charge in [0.2, 0.25) is 0 Å². The number of hydrogen-bond donors (Lipinski definition) is 0. The number of nitrogens with zero attached hydrogens (tertiary/aromatic N) is 3. The van der Waals surface area contributed by atoms with Gasteiger partial charge in [0.05, 0.1) is 0 Å². The molecule has 0 aromatic rings. The maximum atomic E-state index is 2.48. The van der Waals surface area contributed by atoms with Gasteiger partial charge >= 0.3 is 0 Å². The minimum atomic E-state index is 0.314. The Morgan fingerprint density at radius 1 is 0.679 bits per heavy atom. The van der Waals surface area contributed by atoms with Crippen LogP contribution in [0.4, 0.5) is 0 Å². The van der Waals surface area contributed by atoms with Crippen molar-refractivity contribution in [2.75, 3.05) is 20.6 Å². The lowest BCUT2D eigenvalue weighted by Gasteiger charge is -2.38. The number of hydrogen-bond acceptors (Lipinski definition) is 3. The largest absolute Gasteiger partial charge is 0.299 e. The summed E-state index contributed by atoms with van der Waals surface area (Å²) in [6, 6.07) is 2.19. The van der Waals surface area contributed by atoms with Gasteiger partial charge in [0.25, 0.3) is 0 Å². The van der Waals surface area contributed by atoms with Gasteiger partial charge in [-0.1, -0.05) is 6.92 Å². The average molecular weight is 400 g/mol. The van der Waals surface area contributed by atoms with Crippen LogP contribution >= 0.6 is 0 Å². The van der Waals surface area contributed by atoms with Gasteiger partial charge in [-0.2, -0.15) is 0 Å². The second-order valence-electron chi connectivity index (χ2n) is 11.9. The zero-order valence-electron chi connectivity index (χ0n) is 22.7. The van der Waals surface area contributed by atoms with E-state index in [4.69, 9.17) is 0 Å². The zero-order valence-corrected chi connectivity index (χ0v) is 22.7. The van der Waals surface area contributed by atoms with Crippen LogP contribution in [0.5, 0.6) is 0 Å². The average Bonchev–Trinajstić information content (AvgIpc) is 3.28. The summed E-state index contributed by atoms with van der Waals surface area (Å²) in [6.07, 6.45) is 2.82. The van der Waals surface area contributed by atoms with Crippen LogP contribution in [0.2, 0.25) is 0 Å². The van der Waals surface area contributed by atoms with Crippen molar-refractivity contribution in [2.45, 2.75) is 145 Å². The third-order valence-electron chi connectivity index (χ3n) is 5.81. The molecule has 0 atom stereocenters. The molecule has 0 bridgehead atoms. The highest BCUT2D eigenvalue weighted by molar-refractivity contribution is 4.88. The Bertz CT molecular complexity index is 371. The molecule has 1 rings (SSSR count). The lowest BCUT2D eigenvalue weighted by Crippen LogP contribution is -2.45. The van der Waals surface area contributed by atoms with Gasteiger partial charge in [0.1, 0.15) is 0 Å². The van der Waals surface area contributed by atoms with Crippen molar-refractivity contribution in [3.05, 3.63) is 0 Å². The highest BCUT2D eigenvalue weighted by Crippen LogP contribution is 2.30. The third kappa shape index (κ3) is 13.2. The molecule has 0 aliphatic heterocycles. The Morgan fingerprint density at radius 2 is 1.07 bits per heavy atom. The summed E-state index contributed by atoms with van der Waals surface area (Å²) in [7, 11) is 4.38. The highest BCUT2D eigenvalue weighted by atomic mass is 15.2. The van der Waals surface area contributed by atoms with Crippen molar-refractivity contribution in [3.8, 4) is 0 Å². The van der Waals surface area contributed by atoms with E-state index in [1.165, 1.54) is 12.8 Å². The van der Waals surface area contributed by atoms with E-state index in [2.05, 4.69) is 126 Å². The molecule has 28 heavy (non-hydrogen) atoms. The molecule has 0 aromatic carbocycles. The summed E-state index contributed by atoms with van der Waals surface area (Å²) in [5, 5.41) is 0. The van der Waals surface area contributed by atoms with Crippen molar-refractivity contribution in [3.63, 3.8) is 0 Å². The van der Waals surface area contributed by atoms with E-state index < -0.39 is 0 Å². The summed E-state index contributed by atoms with van der Waals surface area (Å²) in [5.41, 5.74) is 1.01. The van der Waals surface area contributed by atoms with Gasteiger partial charge in [0.15, 0.2) is 0 Å². The van der Waals surface area contributed by atoms with Gasteiger partial charge in [-0.3, -0.25) is 14.7 Å². The lowest BCUT2D eigenvalue weighted by molar-refractivity contribution is 0.107. The summed E-state index contributed by atoms with van der Waals surface area (Å²) in [4.78, 5) is 7.30. The van der Waals surface area contributed by atoms with Crippen LogP contribution in [-0.2, 0) is 0 Å². The second-order valence-corrected chi connectivity index (χ2v) is 11.9. The quantitative estimate of drug-likeness (QED) is 0.533. The Morgan fingerprint density at radius 3 is 1.11 bits per heavy atom. The molecule has 0 N–H and O–H groups in total. The molecule has 0 spiro atoms. The van der Waals surface area contributed by atoms with Crippen molar-refractivity contribution in [1.82, 2.24) is 14.7 Å². The van der Waals surface area contributed by atoms with E-state index >= 15 is 0 Å². The maximum absolute atomic E-state index is 2.48. The number of rotatable bonds is 4. The molecule has 1 aliphatic rings. The molecular weight excluding hydrogens is 342 g/mol. The van der Waals surface area contributed by atoms with Crippen LogP contribution < -0.4 is 0 Å². The van der Waals surface area contributed by atoms with Gasteiger partial charge in [-0.15, -0.1) is 0 Å². The Balaban J connectivity index is 0. The van der Waals surface area contributed by atoms with Crippen molar-refractivity contribution >= 4 is 0 Å². The summed E-state index contributed by atoms with van der Waals surface area (Å²) in [5.74, 6) is 0. The minimum Gasteiger partial charge on any atom is -0.299 e. The predicted octanol–water partition coefficient (Wildman–Crippen LogP) is 6.52. The highest BCUT2D eigenvalue weighted by Gasteiger charge is 2.32. The molecule has 1 aliphatic carbocycles. The normalized spacial score (nSPS) is 15.8. The van der Waals surface area contributed by atoms with Crippen molar-refractivity contribution < 1.29 is 0 Å². The predicted molar refractivity (Wildman–Crippen MR) is 130 cm³/mol. The SMILES string of the molecule is CC(C)N(C)C(C)(C)C.CCN(C(C)C)C(C)(C)C.CN(C1CC1)C(C)(C)C. The lowest BCUT2D eigenvalue weighted by atomic mass is 10.0. The van der Waals surface area contributed by atoms with Crippen LogP contribution in [0, 0.1) is 0 Å². The Kier molecular flexibility index (Phi) is 12.8. The fourth-order valence-electron chi connectivity index (χ4n) is 3.40. The van der Waals surface area contributed by atoms with Gasteiger partial charge in [-0.05, 0) is 123 Å². The monoisotopic (exact) mass is 399 g/mol. The Labute approximate surface area is 180 Å². The van der Waals surface area contributed by atoms with Crippen molar-refractivity contribution in [1.29, 1.82) is 0 Å². The topological polar surface area (TPSA) is 9.72 Å². The summed E-state index contributed by atoms with van der Waals surface area (Å²) >= 11 is 0. The molecule has 0 amide bonds. The third-order valence-corrected chi connectivity index (χ3v) is 5.81. The van der Waals surface area contributed by atoms with Crippen LogP contribution in [0.1, 0.15) is 110 Å². The molecule has 0 radical (unpaired) electrons. The smallest absolute Gasteiger partial charge is 0.0127 e. The van der Waals surface area contributed by atoms with Crippen LogP contribution in [0.25, 0.3) is 0 Å². The van der Waals surface area contributed by atoms with Gasteiger partial charge < -0.3 is 0 Å². The zero-order chi connectivity index (χ0) is 23.1. The molecule has 3 nitrogen and oxygen atoms in total. The van der Waals surface area contributed by atoms with Crippen LogP contribution in [0.3, 0.4) is 0 Å². The first-order valence-electron chi connectivity index (χ1n) is 11.5. The molecule has 0 saturated heterocycles. The fourth-order valence-corrected chi connectivity index (χ4v) is 3.40. The second kappa shape index (κ2) is 11.9. The van der Waals surface area contributed by atoms with Crippen LogP contribution in [0.15, 0.2) is 0 Å². The molecule has 3 heteroatoms. The first-order valence-corrected chi connectivity index (χ1v) is 11.5. The van der Waals surface area contributed by atoms with E-state index in [0.29, 0.717) is 28.7 Å². The summed E-state index contributed by atoms with van der Waals surface area (Å²) in [6.45, 7) is 32.5. The maximum Gasteiger partial charge on any atom is 0.0127 e. The molecule has 0 unspecified atom stereocenters. The molecule has 0 aromatic heterocycles. The minimum absolute atomic E-state index is 0.314. The van der Waals surface area contributed by atoms with Crippen molar-refractivity contribution in [2.24, 2.45) is 0 Å². The van der Waals surface area contributed by atoms with E-state index in [-0.39, 0.29) is 0 Å². The molecule has 1 saturated carbocycles. The first-order chi connectivity index (χ1) is 12.3. The molecular formula is C25H57N3. The molecule has 172 valence electrons. The van der Waals surface area contributed by atoms with E-state index in [1.807, 2.05) is 0 Å². The fraction of sp³-hybridized carbons (Fsp3) is 1.00. The molecule has 1 fully saturated rings. The van der Waals surface area contributed by atoms with Gasteiger partial charge in [-0.25, -0.2) is 0 Å². The first kappa shape index (κ1) is 30.1. The summed E-state index contributed by atoms with van der Waals surface area (Å²) < 4.78 is 0. The van der Waals surface area contributed by atoms with E-state index in [1.54, 1.807) is 0 Å². The molecule has 0 heterocycles. The van der Waals surface area contributed by atoms with E-state index in [9.17, 15) is 0 Å².